The first-order valence-electron chi connectivity index (χ1n) is 12.2. The van der Waals surface area contributed by atoms with E-state index in [1.54, 1.807) is 25.4 Å². The Morgan fingerprint density at radius 2 is 1.76 bits per heavy atom. The summed E-state index contributed by atoms with van der Waals surface area (Å²) in [6.07, 6.45) is 2.95. The Morgan fingerprint density at radius 3 is 2.48 bits per heavy atom. The molecule has 0 saturated carbocycles. The zero-order valence-electron chi connectivity index (χ0n) is 21.8. The highest BCUT2D eigenvalue weighted by molar-refractivity contribution is 6.34. The highest BCUT2D eigenvalue weighted by Crippen LogP contribution is 2.36. The maximum atomic E-state index is 14.8. The first kappa shape index (κ1) is 27.2. The molecule has 0 bridgehead atoms. The van der Waals surface area contributed by atoms with Gasteiger partial charge in [0, 0.05) is 23.6 Å². The van der Waals surface area contributed by atoms with Crippen molar-refractivity contribution in [2.24, 2.45) is 7.05 Å². The number of nitrogens with one attached hydrogen (secondary N) is 1. The van der Waals surface area contributed by atoms with Gasteiger partial charge in [0.25, 0.3) is 5.56 Å². The number of hydrogen-bond donors (Lipinski definition) is 1. The van der Waals surface area contributed by atoms with E-state index in [9.17, 15) is 27.2 Å². The van der Waals surface area contributed by atoms with Crippen LogP contribution in [0.5, 0.6) is 5.75 Å². The SMILES string of the molecule is COc1cc(-c2cc3cn[nH]c3cc2Cl)cc2c1c(=O)n(Cc1ncn(C)n1)c(=O)n2Cc1cc(F)c(F)c(F)c1F. The minimum Gasteiger partial charge on any atom is -0.496 e. The van der Waals surface area contributed by atoms with Crippen LogP contribution in [0.15, 0.2) is 52.4 Å². The van der Waals surface area contributed by atoms with Gasteiger partial charge < -0.3 is 4.74 Å². The van der Waals surface area contributed by atoms with E-state index in [1.165, 1.54) is 30.3 Å². The molecule has 0 aliphatic carbocycles. The average molecular weight is 600 g/mol. The molecule has 1 N–H and O–H groups in total. The van der Waals surface area contributed by atoms with Gasteiger partial charge in [0.1, 0.15) is 17.5 Å². The van der Waals surface area contributed by atoms with Gasteiger partial charge in [0.2, 0.25) is 0 Å². The molecule has 0 aliphatic rings. The van der Waals surface area contributed by atoms with Gasteiger partial charge in [-0.25, -0.2) is 27.3 Å². The van der Waals surface area contributed by atoms with E-state index in [-0.39, 0.29) is 29.0 Å². The number of H-pyrrole nitrogens is 1. The minimum atomic E-state index is -2.04. The second-order valence-electron chi connectivity index (χ2n) is 9.42. The van der Waals surface area contributed by atoms with Gasteiger partial charge in [0.05, 0.1) is 42.5 Å². The van der Waals surface area contributed by atoms with E-state index in [0.717, 1.165) is 9.13 Å². The van der Waals surface area contributed by atoms with Crippen LogP contribution in [-0.2, 0) is 20.1 Å². The van der Waals surface area contributed by atoms with Crippen molar-refractivity contribution in [2.75, 3.05) is 7.11 Å². The van der Waals surface area contributed by atoms with E-state index in [0.29, 0.717) is 33.1 Å². The minimum absolute atomic E-state index is 0.0317. The second kappa shape index (κ2) is 10.1. The number of aromatic nitrogens is 7. The lowest BCUT2D eigenvalue weighted by molar-refractivity contribution is 0.402. The quantitative estimate of drug-likeness (QED) is 0.175. The van der Waals surface area contributed by atoms with Crippen LogP contribution in [0.3, 0.4) is 0 Å². The Bertz CT molecular complexity index is 2170. The summed E-state index contributed by atoms with van der Waals surface area (Å²) >= 11 is 6.55. The number of aromatic amines is 1. The molecule has 0 unspecified atom stereocenters. The van der Waals surface area contributed by atoms with E-state index in [4.69, 9.17) is 16.3 Å². The number of halogens is 5. The molecule has 0 amide bonds. The van der Waals surface area contributed by atoms with Gasteiger partial charge >= 0.3 is 5.69 Å². The summed E-state index contributed by atoms with van der Waals surface area (Å²) in [6, 6.07) is 6.80. The van der Waals surface area contributed by atoms with Crippen LogP contribution >= 0.6 is 11.6 Å². The van der Waals surface area contributed by atoms with Crippen LogP contribution in [0.4, 0.5) is 17.6 Å². The predicted octanol–water partition coefficient (Wildman–Crippen LogP) is 4.15. The number of aryl methyl sites for hydroxylation is 1. The number of fused-ring (bicyclic) bond motifs is 2. The summed E-state index contributed by atoms with van der Waals surface area (Å²) in [5.41, 5.74) is -0.931. The maximum Gasteiger partial charge on any atom is 0.332 e. The third-order valence-corrected chi connectivity index (χ3v) is 7.12. The lowest BCUT2D eigenvalue weighted by atomic mass is 10.0. The van der Waals surface area contributed by atoms with Gasteiger partial charge in [-0.15, -0.1) is 0 Å². The van der Waals surface area contributed by atoms with Gasteiger partial charge in [-0.2, -0.15) is 10.2 Å². The molecule has 6 aromatic rings. The van der Waals surface area contributed by atoms with Crippen LogP contribution in [0.2, 0.25) is 5.02 Å². The second-order valence-corrected chi connectivity index (χ2v) is 9.82. The Morgan fingerprint density at radius 1 is 0.976 bits per heavy atom. The molecule has 0 aliphatic heterocycles. The van der Waals surface area contributed by atoms with Gasteiger partial charge in [0.15, 0.2) is 29.1 Å². The van der Waals surface area contributed by atoms with Crippen molar-refractivity contribution in [1.29, 1.82) is 0 Å². The van der Waals surface area contributed by atoms with E-state index in [1.807, 2.05) is 0 Å². The Kier molecular flexibility index (Phi) is 6.56. The lowest BCUT2D eigenvalue weighted by Crippen LogP contribution is -2.41. The number of nitrogens with zero attached hydrogens (tertiary/aromatic N) is 6. The zero-order valence-corrected chi connectivity index (χ0v) is 22.5. The summed E-state index contributed by atoms with van der Waals surface area (Å²) in [7, 11) is 2.90. The molecular formula is C27H18ClF4N7O3. The van der Waals surface area contributed by atoms with Crippen LogP contribution in [0.1, 0.15) is 11.4 Å². The normalized spacial score (nSPS) is 11.6. The number of benzene rings is 3. The molecular weight excluding hydrogens is 582 g/mol. The number of ether oxygens (including phenoxy) is 1. The molecule has 10 nitrogen and oxygen atoms in total. The van der Waals surface area contributed by atoms with Crippen LogP contribution in [-0.4, -0.2) is 41.2 Å². The van der Waals surface area contributed by atoms with Crippen LogP contribution in [0.25, 0.3) is 32.9 Å². The van der Waals surface area contributed by atoms with Gasteiger partial charge in [-0.1, -0.05) is 11.6 Å². The summed E-state index contributed by atoms with van der Waals surface area (Å²) in [4.78, 5) is 31.6. The fourth-order valence-corrected chi connectivity index (χ4v) is 5.07. The molecule has 0 saturated heterocycles. The van der Waals surface area contributed by atoms with Crippen molar-refractivity contribution in [3.63, 3.8) is 0 Å². The topological polar surface area (TPSA) is 113 Å². The molecule has 214 valence electrons. The van der Waals surface area contributed by atoms with Crippen molar-refractivity contribution in [3.05, 3.63) is 103 Å². The highest BCUT2D eigenvalue weighted by Gasteiger charge is 2.24. The third-order valence-electron chi connectivity index (χ3n) is 6.80. The maximum absolute atomic E-state index is 14.8. The van der Waals surface area contributed by atoms with Crippen molar-refractivity contribution >= 4 is 33.4 Å². The largest absolute Gasteiger partial charge is 0.496 e. The Hall–Kier alpha value is -4.98. The van der Waals surface area contributed by atoms with Crippen molar-refractivity contribution in [1.82, 2.24) is 34.1 Å². The van der Waals surface area contributed by atoms with E-state index < -0.39 is 46.6 Å². The van der Waals surface area contributed by atoms with Gasteiger partial charge in [-0.05, 0) is 35.9 Å². The summed E-state index contributed by atoms with van der Waals surface area (Å²) in [5, 5.41) is 11.8. The summed E-state index contributed by atoms with van der Waals surface area (Å²) in [6.45, 7) is -1.15. The first-order valence-corrected chi connectivity index (χ1v) is 12.6. The standard InChI is InChI=1S/C27H18ClF4N7O3/c1-37-11-33-21(36-37)10-39-26(40)22-19(38(27(39)41)9-14-4-17(29)24(31)25(32)23(14)30)5-12(6-20(22)42-2)15-3-13-8-34-35-18(13)7-16(15)28/h3-8,11H,9-10H2,1-2H3,(H,34,35). The number of hydrogen-bond acceptors (Lipinski definition) is 6. The third kappa shape index (κ3) is 4.40. The Labute approximate surface area is 237 Å². The molecule has 3 aromatic carbocycles. The molecule has 3 heterocycles. The van der Waals surface area contributed by atoms with E-state index >= 15 is 0 Å². The number of rotatable bonds is 6. The predicted molar refractivity (Wildman–Crippen MR) is 145 cm³/mol. The zero-order chi connectivity index (χ0) is 29.9. The molecule has 0 radical (unpaired) electrons. The lowest BCUT2D eigenvalue weighted by Gasteiger charge is -2.18. The number of methoxy groups -OCH3 is 1. The first-order chi connectivity index (χ1) is 20.1. The molecule has 3 aromatic heterocycles. The molecule has 42 heavy (non-hydrogen) atoms. The average Bonchev–Trinajstić information content (AvgIpc) is 3.61. The highest BCUT2D eigenvalue weighted by atomic mass is 35.5. The van der Waals surface area contributed by atoms with E-state index in [2.05, 4.69) is 20.3 Å². The molecule has 15 heteroatoms. The van der Waals surface area contributed by atoms with Gasteiger partial charge in [-0.3, -0.25) is 23.7 Å². The molecule has 0 fully saturated rings. The van der Waals surface area contributed by atoms with Crippen LogP contribution in [0, 0.1) is 23.3 Å². The molecule has 6 rings (SSSR count). The fraction of sp³-hybridized carbons (Fsp3) is 0.148. The fourth-order valence-electron chi connectivity index (χ4n) is 4.80. The molecule has 0 atom stereocenters. The Balaban J connectivity index is 1.67. The smallest absolute Gasteiger partial charge is 0.332 e. The van der Waals surface area contributed by atoms with Crippen molar-refractivity contribution in [3.8, 4) is 16.9 Å². The summed E-state index contributed by atoms with van der Waals surface area (Å²) in [5.74, 6) is -7.21. The monoisotopic (exact) mass is 599 g/mol. The molecule has 0 spiro atoms. The van der Waals surface area contributed by atoms with Crippen molar-refractivity contribution < 1.29 is 22.3 Å². The summed E-state index contributed by atoms with van der Waals surface area (Å²) < 4.78 is 65.5. The van der Waals surface area contributed by atoms with Crippen molar-refractivity contribution in [2.45, 2.75) is 13.1 Å². The van der Waals surface area contributed by atoms with Crippen LogP contribution < -0.4 is 16.0 Å².